The van der Waals surface area contributed by atoms with Crippen molar-refractivity contribution in [1.82, 2.24) is 4.90 Å². The molecule has 1 fully saturated rings. The van der Waals surface area contributed by atoms with Gasteiger partial charge < -0.3 is 9.74 Å². The maximum atomic E-state index is 11.6. The summed E-state index contributed by atoms with van der Waals surface area (Å²) in [5.74, 6) is 5.25. The van der Waals surface area contributed by atoms with E-state index in [9.17, 15) is 4.79 Å². The van der Waals surface area contributed by atoms with Crippen LogP contribution in [0.5, 0.6) is 0 Å². The molecule has 0 bridgehead atoms. The van der Waals surface area contributed by atoms with Crippen LogP contribution in [0.1, 0.15) is 36.8 Å². The number of rotatable bonds is 1. The lowest BCUT2D eigenvalue weighted by Gasteiger charge is -2.38. The number of piperidine rings is 1. The minimum atomic E-state index is -0.463. The third kappa shape index (κ3) is 2.85. The van der Waals surface area contributed by atoms with Gasteiger partial charge in [-0.2, -0.15) is 5.90 Å². The summed E-state index contributed by atoms with van der Waals surface area (Å²) in [4.78, 5) is 17.7. The van der Waals surface area contributed by atoms with Crippen molar-refractivity contribution < 1.29 is 9.63 Å². The molecule has 1 amide bonds. The zero-order valence-corrected chi connectivity index (χ0v) is 12.0. The smallest absolute Gasteiger partial charge is 0.357 e. The van der Waals surface area contributed by atoms with Gasteiger partial charge in [-0.25, -0.2) is 4.79 Å². The Kier molecular flexibility index (Phi) is 4.32. The molecule has 2 atom stereocenters. The highest BCUT2D eigenvalue weighted by molar-refractivity contribution is 6.31. The van der Waals surface area contributed by atoms with Crippen LogP contribution >= 0.6 is 11.6 Å². The number of likely N-dealkylation sites (tertiary alicyclic amines) is 1. The third-order valence-electron chi connectivity index (χ3n) is 3.95. The van der Waals surface area contributed by atoms with E-state index in [0.717, 1.165) is 29.0 Å². The standard InChI is InChI=1S/C14H19ClN2O2/c1-9-5-6-11(8-13(9)15)12-4-3-7-17(10(12)2)14(18)19-16/h5-6,8,10,12H,3-4,7,16H2,1-2H3. The lowest BCUT2D eigenvalue weighted by molar-refractivity contribution is 0.0709. The highest BCUT2D eigenvalue weighted by Crippen LogP contribution is 2.34. The van der Waals surface area contributed by atoms with Crippen LogP contribution in [0.3, 0.4) is 0 Å². The second kappa shape index (κ2) is 5.80. The molecule has 2 unspecified atom stereocenters. The Labute approximate surface area is 118 Å². The molecule has 104 valence electrons. The summed E-state index contributed by atoms with van der Waals surface area (Å²) in [6.45, 7) is 4.69. The second-order valence-electron chi connectivity index (χ2n) is 5.08. The number of nitrogens with two attached hydrogens (primary N) is 1. The Morgan fingerprint density at radius 2 is 2.26 bits per heavy atom. The van der Waals surface area contributed by atoms with Crippen molar-refractivity contribution in [1.29, 1.82) is 0 Å². The zero-order valence-electron chi connectivity index (χ0n) is 11.2. The van der Waals surface area contributed by atoms with Crippen LogP contribution in [0.4, 0.5) is 4.79 Å². The molecule has 1 heterocycles. The van der Waals surface area contributed by atoms with Crippen molar-refractivity contribution in [2.45, 2.75) is 38.6 Å². The number of halogens is 1. The van der Waals surface area contributed by atoms with E-state index in [1.54, 1.807) is 4.90 Å². The van der Waals surface area contributed by atoms with Crippen LogP contribution in [0.2, 0.25) is 5.02 Å². The predicted octanol–water partition coefficient (Wildman–Crippen LogP) is 3.23. The summed E-state index contributed by atoms with van der Waals surface area (Å²) >= 11 is 6.18. The summed E-state index contributed by atoms with van der Waals surface area (Å²) in [6, 6.07) is 6.16. The molecule has 4 nitrogen and oxygen atoms in total. The van der Waals surface area contributed by atoms with E-state index < -0.39 is 6.09 Å². The minimum absolute atomic E-state index is 0.0589. The number of carbonyl (C=O) groups excluding carboxylic acids is 1. The Bertz CT molecular complexity index is 479. The van der Waals surface area contributed by atoms with Gasteiger partial charge in [0.05, 0.1) is 0 Å². The van der Waals surface area contributed by atoms with Crippen molar-refractivity contribution in [3.05, 3.63) is 34.3 Å². The van der Waals surface area contributed by atoms with Crippen molar-refractivity contribution >= 4 is 17.7 Å². The van der Waals surface area contributed by atoms with E-state index in [2.05, 4.69) is 10.9 Å². The molecule has 0 saturated carbocycles. The Balaban J connectivity index is 2.23. The molecule has 19 heavy (non-hydrogen) atoms. The van der Waals surface area contributed by atoms with E-state index in [1.807, 2.05) is 26.0 Å². The molecular formula is C14H19ClN2O2. The van der Waals surface area contributed by atoms with E-state index in [-0.39, 0.29) is 12.0 Å². The van der Waals surface area contributed by atoms with Crippen molar-refractivity contribution in [2.75, 3.05) is 6.54 Å². The lowest BCUT2D eigenvalue weighted by atomic mass is 9.84. The molecule has 0 aromatic heterocycles. The molecule has 5 heteroatoms. The van der Waals surface area contributed by atoms with Gasteiger partial charge >= 0.3 is 6.09 Å². The third-order valence-corrected chi connectivity index (χ3v) is 4.35. The molecular weight excluding hydrogens is 264 g/mol. The fraction of sp³-hybridized carbons (Fsp3) is 0.500. The fourth-order valence-electron chi connectivity index (χ4n) is 2.75. The number of nitrogens with zero attached hydrogens (tertiary/aromatic N) is 1. The average Bonchev–Trinajstić information content (AvgIpc) is 2.41. The molecule has 0 aliphatic carbocycles. The summed E-state index contributed by atoms with van der Waals surface area (Å²) in [6.07, 6.45) is 1.51. The molecule has 2 rings (SSSR count). The summed E-state index contributed by atoms with van der Waals surface area (Å²) in [5, 5.41) is 0.767. The van der Waals surface area contributed by atoms with Gasteiger partial charge in [0.15, 0.2) is 0 Å². The maximum absolute atomic E-state index is 11.6. The van der Waals surface area contributed by atoms with Gasteiger partial charge in [0.25, 0.3) is 0 Å². The van der Waals surface area contributed by atoms with Crippen LogP contribution in [-0.2, 0) is 4.84 Å². The number of aryl methyl sites for hydroxylation is 1. The number of benzene rings is 1. The monoisotopic (exact) mass is 282 g/mol. The first-order chi connectivity index (χ1) is 9.04. The van der Waals surface area contributed by atoms with Crippen LogP contribution < -0.4 is 5.90 Å². The molecule has 0 radical (unpaired) electrons. The summed E-state index contributed by atoms with van der Waals surface area (Å²) < 4.78 is 0. The van der Waals surface area contributed by atoms with Gasteiger partial charge in [0, 0.05) is 23.5 Å². The highest BCUT2D eigenvalue weighted by atomic mass is 35.5. The van der Waals surface area contributed by atoms with Gasteiger partial charge in [-0.15, -0.1) is 0 Å². The maximum Gasteiger partial charge on any atom is 0.428 e. The quantitative estimate of drug-likeness (QED) is 0.805. The Morgan fingerprint density at radius 3 is 2.89 bits per heavy atom. The van der Waals surface area contributed by atoms with Crippen molar-refractivity contribution in [3.8, 4) is 0 Å². The second-order valence-corrected chi connectivity index (χ2v) is 5.48. The Morgan fingerprint density at radius 1 is 1.53 bits per heavy atom. The normalized spacial score (nSPS) is 23.3. The molecule has 1 aliphatic heterocycles. The first kappa shape index (κ1) is 14.2. The summed E-state index contributed by atoms with van der Waals surface area (Å²) in [7, 11) is 0. The molecule has 1 saturated heterocycles. The number of amides is 1. The van der Waals surface area contributed by atoms with Crippen LogP contribution in [0.15, 0.2) is 18.2 Å². The lowest BCUT2D eigenvalue weighted by Crippen LogP contribution is -2.46. The van der Waals surface area contributed by atoms with E-state index in [1.165, 1.54) is 0 Å². The SMILES string of the molecule is Cc1ccc(C2CCCN(C(=O)ON)C2C)cc1Cl. The molecule has 0 spiro atoms. The van der Waals surface area contributed by atoms with Gasteiger partial charge in [-0.3, -0.25) is 0 Å². The van der Waals surface area contributed by atoms with Crippen LogP contribution in [0.25, 0.3) is 0 Å². The summed E-state index contributed by atoms with van der Waals surface area (Å²) in [5.41, 5.74) is 2.23. The van der Waals surface area contributed by atoms with E-state index >= 15 is 0 Å². The number of hydrogen-bond acceptors (Lipinski definition) is 3. The van der Waals surface area contributed by atoms with Crippen LogP contribution in [-0.4, -0.2) is 23.6 Å². The van der Waals surface area contributed by atoms with Crippen LogP contribution in [0, 0.1) is 6.92 Å². The first-order valence-corrected chi connectivity index (χ1v) is 6.85. The number of carbonyl (C=O) groups is 1. The predicted molar refractivity (Wildman–Crippen MR) is 75.0 cm³/mol. The fourth-order valence-corrected chi connectivity index (χ4v) is 2.94. The topological polar surface area (TPSA) is 55.6 Å². The molecule has 1 aromatic rings. The van der Waals surface area contributed by atoms with E-state index in [4.69, 9.17) is 17.5 Å². The Hall–Kier alpha value is -1.26. The highest BCUT2D eigenvalue weighted by Gasteiger charge is 2.32. The average molecular weight is 283 g/mol. The van der Waals surface area contributed by atoms with Gasteiger partial charge in [0.1, 0.15) is 0 Å². The number of hydrogen-bond donors (Lipinski definition) is 1. The largest absolute Gasteiger partial charge is 0.428 e. The minimum Gasteiger partial charge on any atom is -0.357 e. The first-order valence-electron chi connectivity index (χ1n) is 6.48. The van der Waals surface area contributed by atoms with Gasteiger partial charge in [-0.05, 0) is 43.9 Å². The molecule has 1 aromatic carbocycles. The van der Waals surface area contributed by atoms with Gasteiger partial charge in [-0.1, -0.05) is 23.7 Å². The molecule has 1 aliphatic rings. The van der Waals surface area contributed by atoms with Crippen molar-refractivity contribution in [3.63, 3.8) is 0 Å². The van der Waals surface area contributed by atoms with Crippen molar-refractivity contribution in [2.24, 2.45) is 5.90 Å². The zero-order chi connectivity index (χ0) is 14.0. The van der Waals surface area contributed by atoms with Gasteiger partial charge in [0.2, 0.25) is 0 Å². The molecule has 2 N–H and O–H groups in total. The van der Waals surface area contributed by atoms with E-state index in [0.29, 0.717) is 6.54 Å².